The minimum atomic E-state index is -0.298. The molecule has 104 valence electrons. The van der Waals surface area contributed by atoms with Gasteiger partial charge in [-0.2, -0.15) is 0 Å². The van der Waals surface area contributed by atoms with Crippen LogP contribution in [0.2, 0.25) is 0 Å². The highest BCUT2D eigenvalue weighted by molar-refractivity contribution is 5.84. The molecule has 0 atom stereocenters. The van der Waals surface area contributed by atoms with Crippen LogP contribution in [0.3, 0.4) is 0 Å². The summed E-state index contributed by atoms with van der Waals surface area (Å²) < 4.78 is 5.24. The van der Waals surface area contributed by atoms with Gasteiger partial charge in [-0.1, -0.05) is 13.8 Å². The van der Waals surface area contributed by atoms with Gasteiger partial charge >= 0.3 is 5.63 Å². The van der Waals surface area contributed by atoms with Crippen molar-refractivity contribution >= 4 is 16.7 Å². The van der Waals surface area contributed by atoms with E-state index in [2.05, 4.69) is 24.8 Å². The van der Waals surface area contributed by atoms with Gasteiger partial charge in [0, 0.05) is 36.3 Å². The van der Waals surface area contributed by atoms with Crippen LogP contribution in [0, 0.1) is 6.92 Å². The van der Waals surface area contributed by atoms with Crippen molar-refractivity contribution < 1.29 is 4.42 Å². The van der Waals surface area contributed by atoms with Crippen molar-refractivity contribution in [1.82, 2.24) is 0 Å². The van der Waals surface area contributed by atoms with E-state index in [-0.39, 0.29) is 5.63 Å². The van der Waals surface area contributed by atoms with Crippen LogP contribution >= 0.6 is 0 Å². The Morgan fingerprint density at radius 1 is 1.11 bits per heavy atom. The van der Waals surface area contributed by atoms with E-state index >= 15 is 0 Å². The molecule has 0 unspecified atom stereocenters. The summed E-state index contributed by atoms with van der Waals surface area (Å²) in [6.45, 7) is 12.2. The van der Waals surface area contributed by atoms with E-state index in [1.165, 1.54) is 6.07 Å². The van der Waals surface area contributed by atoms with Gasteiger partial charge in [0.1, 0.15) is 5.58 Å². The van der Waals surface area contributed by atoms with E-state index in [1.807, 2.05) is 32.9 Å². The molecule has 0 radical (unpaired) electrons. The zero-order valence-electron chi connectivity index (χ0n) is 12.5. The Hall–Kier alpha value is -1.77. The number of rotatable bonds is 3. The average Bonchev–Trinajstić information content (AvgIpc) is 2.42. The van der Waals surface area contributed by atoms with Gasteiger partial charge in [-0.25, -0.2) is 4.79 Å². The second kappa shape index (κ2) is 6.98. The largest absolute Gasteiger partial charge is 0.423 e. The smallest absolute Gasteiger partial charge is 0.336 e. The van der Waals surface area contributed by atoms with E-state index < -0.39 is 0 Å². The molecule has 0 saturated carbocycles. The normalized spacial score (nSPS) is 9.95. The standard InChI is InChI=1S/C14H17NO2.C2H6/c1-4-15(5-2)11-8-10(3)12-6-7-14(16)17-13(12)9-11;1-2/h6-9H,4-5H2,1-3H3;1-2H3. The van der Waals surface area contributed by atoms with Crippen molar-refractivity contribution in [2.24, 2.45) is 0 Å². The first-order valence-electron chi connectivity index (χ1n) is 6.95. The fraction of sp³-hybridized carbons (Fsp3) is 0.438. The first-order chi connectivity index (χ1) is 9.15. The molecule has 0 amide bonds. The van der Waals surface area contributed by atoms with Crippen LogP contribution < -0.4 is 10.5 Å². The van der Waals surface area contributed by atoms with Crippen molar-refractivity contribution in [3.8, 4) is 0 Å². The van der Waals surface area contributed by atoms with Crippen molar-refractivity contribution in [3.05, 3.63) is 40.2 Å². The molecule has 1 aromatic heterocycles. The highest BCUT2D eigenvalue weighted by Crippen LogP contribution is 2.24. The van der Waals surface area contributed by atoms with E-state index in [0.717, 1.165) is 29.7 Å². The number of anilines is 1. The van der Waals surface area contributed by atoms with E-state index in [9.17, 15) is 4.79 Å². The number of hydrogen-bond acceptors (Lipinski definition) is 3. The Morgan fingerprint density at radius 3 is 2.32 bits per heavy atom. The topological polar surface area (TPSA) is 33.5 Å². The average molecular weight is 261 g/mol. The summed E-state index contributed by atoms with van der Waals surface area (Å²) >= 11 is 0. The quantitative estimate of drug-likeness (QED) is 0.784. The lowest BCUT2D eigenvalue weighted by atomic mass is 10.1. The molecule has 1 aromatic carbocycles. The van der Waals surface area contributed by atoms with Crippen molar-refractivity contribution in [2.75, 3.05) is 18.0 Å². The lowest BCUT2D eigenvalue weighted by Gasteiger charge is -2.21. The summed E-state index contributed by atoms with van der Waals surface area (Å²) in [5.41, 5.74) is 2.61. The molecule has 0 bridgehead atoms. The summed E-state index contributed by atoms with van der Waals surface area (Å²) in [5, 5.41) is 1.00. The molecule has 0 N–H and O–H groups in total. The van der Waals surface area contributed by atoms with E-state index in [1.54, 1.807) is 0 Å². The van der Waals surface area contributed by atoms with Gasteiger partial charge in [0.2, 0.25) is 0 Å². The Labute approximate surface area is 114 Å². The summed E-state index contributed by atoms with van der Waals surface area (Å²) in [5.74, 6) is 0. The minimum Gasteiger partial charge on any atom is -0.423 e. The van der Waals surface area contributed by atoms with Gasteiger partial charge in [0.25, 0.3) is 0 Å². The molecule has 2 rings (SSSR count). The lowest BCUT2D eigenvalue weighted by Crippen LogP contribution is -2.21. The maximum Gasteiger partial charge on any atom is 0.336 e. The fourth-order valence-corrected chi connectivity index (χ4v) is 2.11. The van der Waals surface area contributed by atoms with Crippen molar-refractivity contribution in [1.29, 1.82) is 0 Å². The molecule has 0 saturated heterocycles. The van der Waals surface area contributed by atoms with Crippen LogP contribution in [-0.2, 0) is 0 Å². The molecule has 0 aliphatic heterocycles. The number of aryl methyl sites for hydroxylation is 1. The van der Waals surface area contributed by atoms with Crippen LogP contribution in [0.5, 0.6) is 0 Å². The molecule has 19 heavy (non-hydrogen) atoms. The molecular formula is C16H23NO2. The molecule has 2 aromatic rings. The van der Waals surface area contributed by atoms with Gasteiger partial charge in [0.05, 0.1) is 0 Å². The first kappa shape index (κ1) is 15.3. The van der Waals surface area contributed by atoms with Crippen LogP contribution in [0.25, 0.3) is 11.0 Å². The molecule has 3 heteroatoms. The molecule has 0 spiro atoms. The van der Waals surface area contributed by atoms with Gasteiger partial charge in [-0.3, -0.25) is 0 Å². The third-order valence-corrected chi connectivity index (χ3v) is 3.06. The Kier molecular flexibility index (Phi) is 5.61. The second-order valence-corrected chi connectivity index (χ2v) is 4.10. The summed E-state index contributed by atoms with van der Waals surface area (Å²) in [6.07, 6.45) is 0. The highest BCUT2D eigenvalue weighted by atomic mass is 16.4. The number of nitrogens with zero attached hydrogens (tertiary/aromatic N) is 1. The Bertz CT molecular complexity index is 583. The monoisotopic (exact) mass is 261 g/mol. The van der Waals surface area contributed by atoms with Crippen molar-refractivity contribution in [2.45, 2.75) is 34.6 Å². The second-order valence-electron chi connectivity index (χ2n) is 4.10. The molecule has 0 aliphatic carbocycles. The van der Waals surface area contributed by atoms with Gasteiger partial charge in [-0.15, -0.1) is 0 Å². The molecule has 0 fully saturated rings. The molecule has 0 aliphatic rings. The Morgan fingerprint density at radius 2 is 1.74 bits per heavy atom. The predicted octanol–water partition coefficient (Wildman–Crippen LogP) is 3.97. The minimum absolute atomic E-state index is 0.298. The van der Waals surface area contributed by atoms with Crippen LogP contribution in [0.15, 0.2) is 33.5 Å². The first-order valence-corrected chi connectivity index (χ1v) is 6.95. The number of fused-ring (bicyclic) bond motifs is 1. The Balaban J connectivity index is 0.000000861. The third-order valence-electron chi connectivity index (χ3n) is 3.06. The van der Waals surface area contributed by atoms with Gasteiger partial charge in [0.15, 0.2) is 0 Å². The SMILES string of the molecule is CC.CCN(CC)c1cc(C)c2ccc(=O)oc2c1. The highest BCUT2D eigenvalue weighted by Gasteiger charge is 2.07. The van der Waals surface area contributed by atoms with E-state index in [0.29, 0.717) is 5.58 Å². The summed E-state index contributed by atoms with van der Waals surface area (Å²) in [6, 6.07) is 7.36. The fourth-order valence-electron chi connectivity index (χ4n) is 2.11. The molecular weight excluding hydrogens is 238 g/mol. The maximum atomic E-state index is 11.2. The number of hydrogen-bond donors (Lipinski definition) is 0. The third kappa shape index (κ3) is 3.37. The molecule has 3 nitrogen and oxygen atoms in total. The van der Waals surface area contributed by atoms with Crippen LogP contribution in [-0.4, -0.2) is 13.1 Å². The zero-order chi connectivity index (χ0) is 14.4. The summed E-state index contributed by atoms with van der Waals surface area (Å²) in [4.78, 5) is 13.5. The van der Waals surface area contributed by atoms with E-state index in [4.69, 9.17) is 4.42 Å². The van der Waals surface area contributed by atoms with Gasteiger partial charge in [-0.05, 0) is 38.5 Å². The van der Waals surface area contributed by atoms with Crippen molar-refractivity contribution in [3.63, 3.8) is 0 Å². The zero-order valence-corrected chi connectivity index (χ0v) is 12.5. The lowest BCUT2D eigenvalue weighted by molar-refractivity contribution is 0.560. The predicted molar refractivity (Wildman–Crippen MR) is 82.1 cm³/mol. The van der Waals surface area contributed by atoms with Crippen LogP contribution in [0.1, 0.15) is 33.3 Å². The van der Waals surface area contributed by atoms with Gasteiger partial charge < -0.3 is 9.32 Å². The molecule has 1 heterocycles. The summed E-state index contributed by atoms with van der Waals surface area (Å²) in [7, 11) is 0. The maximum absolute atomic E-state index is 11.2. The van der Waals surface area contributed by atoms with Crippen LogP contribution in [0.4, 0.5) is 5.69 Å². The number of benzene rings is 1.